The summed E-state index contributed by atoms with van der Waals surface area (Å²) in [5, 5.41) is 0. The molecule has 37 heavy (non-hydrogen) atoms. The highest BCUT2D eigenvalue weighted by atomic mass is 16.2. The van der Waals surface area contributed by atoms with Gasteiger partial charge in [0.15, 0.2) is 0 Å². The van der Waals surface area contributed by atoms with Gasteiger partial charge >= 0.3 is 0 Å². The maximum atomic E-state index is 13.7. The SMILES string of the molecule is CN(C)C(=O)c1ccc(C[C@H](N)C(=O)N2Cc3ccccc3C[C@H]2c2ncc(-c3ccccc3)[nH]2)cc1. The van der Waals surface area contributed by atoms with E-state index >= 15 is 0 Å². The summed E-state index contributed by atoms with van der Waals surface area (Å²) in [7, 11) is 3.44. The molecular formula is C30H31N5O2. The van der Waals surface area contributed by atoms with Crippen molar-refractivity contribution in [3.05, 3.63) is 113 Å². The fourth-order valence-corrected chi connectivity index (χ4v) is 4.87. The molecule has 5 rings (SSSR count). The molecule has 0 radical (unpaired) electrons. The van der Waals surface area contributed by atoms with Gasteiger partial charge in [0, 0.05) is 32.6 Å². The van der Waals surface area contributed by atoms with Crippen molar-refractivity contribution in [3.8, 4) is 11.3 Å². The Hall–Kier alpha value is -4.23. The molecule has 0 spiro atoms. The third-order valence-electron chi connectivity index (χ3n) is 6.91. The number of nitrogens with zero attached hydrogens (tertiary/aromatic N) is 3. The van der Waals surface area contributed by atoms with Gasteiger partial charge < -0.3 is 20.5 Å². The van der Waals surface area contributed by atoms with Gasteiger partial charge in [0.25, 0.3) is 5.91 Å². The predicted molar refractivity (Wildman–Crippen MR) is 144 cm³/mol. The standard InChI is InChI=1S/C30H31N5O2/c1-34(2)29(36)22-14-12-20(13-15-22)16-25(31)30(37)35-19-24-11-7-6-10-23(24)17-27(35)28-32-18-26(33-28)21-8-4-3-5-9-21/h3-15,18,25,27H,16-17,19,31H2,1-2H3,(H,32,33)/t25-,27-/m0/s1. The van der Waals surface area contributed by atoms with Gasteiger partial charge in [-0.25, -0.2) is 4.98 Å². The van der Waals surface area contributed by atoms with E-state index in [1.165, 1.54) is 10.5 Å². The first kappa shape index (κ1) is 24.5. The number of nitrogens with one attached hydrogen (secondary N) is 1. The average molecular weight is 494 g/mol. The van der Waals surface area contributed by atoms with E-state index < -0.39 is 6.04 Å². The number of rotatable bonds is 6. The molecule has 0 bridgehead atoms. The minimum Gasteiger partial charge on any atom is -0.345 e. The summed E-state index contributed by atoms with van der Waals surface area (Å²) < 4.78 is 0. The molecule has 4 aromatic rings. The Balaban J connectivity index is 1.38. The van der Waals surface area contributed by atoms with Gasteiger partial charge in [-0.15, -0.1) is 0 Å². The molecule has 0 unspecified atom stereocenters. The molecule has 7 heteroatoms. The Morgan fingerprint density at radius 3 is 2.38 bits per heavy atom. The van der Waals surface area contributed by atoms with Gasteiger partial charge in [-0.2, -0.15) is 0 Å². The maximum Gasteiger partial charge on any atom is 0.253 e. The molecule has 0 fully saturated rings. The van der Waals surface area contributed by atoms with E-state index in [0.717, 1.165) is 28.2 Å². The van der Waals surface area contributed by atoms with E-state index in [1.807, 2.05) is 65.7 Å². The Bertz CT molecular complexity index is 1400. The van der Waals surface area contributed by atoms with E-state index in [9.17, 15) is 9.59 Å². The summed E-state index contributed by atoms with van der Waals surface area (Å²) in [4.78, 5) is 37.4. The average Bonchev–Trinajstić information content (AvgIpc) is 3.42. The Kier molecular flexibility index (Phi) is 6.88. The van der Waals surface area contributed by atoms with Gasteiger partial charge in [-0.05, 0) is 40.8 Å². The Morgan fingerprint density at radius 2 is 1.68 bits per heavy atom. The second-order valence-corrected chi connectivity index (χ2v) is 9.71. The smallest absolute Gasteiger partial charge is 0.253 e. The molecule has 1 aromatic heterocycles. The zero-order valence-corrected chi connectivity index (χ0v) is 21.1. The van der Waals surface area contributed by atoms with Gasteiger partial charge in [0.05, 0.1) is 24.0 Å². The number of benzene rings is 3. The number of hydrogen-bond acceptors (Lipinski definition) is 4. The molecule has 188 valence electrons. The second kappa shape index (κ2) is 10.4. The number of H-pyrrole nitrogens is 1. The number of fused-ring (bicyclic) bond motifs is 1. The minimum atomic E-state index is -0.716. The molecule has 1 aliphatic rings. The maximum absolute atomic E-state index is 13.7. The first-order valence-corrected chi connectivity index (χ1v) is 12.4. The highest BCUT2D eigenvalue weighted by Gasteiger charge is 2.35. The summed E-state index contributed by atoms with van der Waals surface area (Å²) in [6.45, 7) is 0.477. The Morgan fingerprint density at radius 1 is 1.00 bits per heavy atom. The van der Waals surface area contributed by atoms with Crippen LogP contribution in [0.1, 0.15) is 38.9 Å². The van der Waals surface area contributed by atoms with Crippen LogP contribution in [0.2, 0.25) is 0 Å². The van der Waals surface area contributed by atoms with E-state index in [1.54, 1.807) is 26.2 Å². The number of carbonyl (C=O) groups excluding carboxylic acids is 2. The van der Waals surface area contributed by atoms with Crippen LogP contribution in [0.5, 0.6) is 0 Å². The largest absolute Gasteiger partial charge is 0.345 e. The number of imidazole rings is 1. The van der Waals surface area contributed by atoms with Crippen molar-refractivity contribution < 1.29 is 9.59 Å². The highest BCUT2D eigenvalue weighted by Crippen LogP contribution is 2.33. The molecule has 2 amide bonds. The summed E-state index contributed by atoms with van der Waals surface area (Å²) >= 11 is 0. The molecular weight excluding hydrogens is 462 g/mol. The Labute approximate surface area is 216 Å². The number of hydrogen-bond donors (Lipinski definition) is 2. The molecule has 2 atom stereocenters. The number of aromatic amines is 1. The van der Waals surface area contributed by atoms with Crippen molar-refractivity contribution in [2.24, 2.45) is 5.73 Å². The fourth-order valence-electron chi connectivity index (χ4n) is 4.87. The molecule has 0 saturated carbocycles. The first-order valence-electron chi connectivity index (χ1n) is 12.4. The third kappa shape index (κ3) is 5.17. The zero-order chi connectivity index (χ0) is 25.9. The van der Waals surface area contributed by atoms with E-state index in [2.05, 4.69) is 22.1 Å². The molecule has 3 N–H and O–H groups in total. The van der Waals surface area contributed by atoms with E-state index in [4.69, 9.17) is 5.73 Å². The van der Waals surface area contributed by atoms with Crippen molar-refractivity contribution in [2.45, 2.75) is 31.5 Å². The molecule has 7 nitrogen and oxygen atoms in total. The van der Waals surface area contributed by atoms with Crippen LogP contribution >= 0.6 is 0 Å². The molecule has 0 saturated heterocycles. The van der Waals surface area contributed by atoms with Crippen LogP contribution in [-0.2, 0) is 24.2 Å². The fraction of sp³-hybridized carbons (Fsp3) is 0.233. The van der Waals surface area contributed by atoms with Crippen LogP contribution in [0.4, 0.5) is 0 Å². The highest BCUT2D eigenvalue weighted by molar-refractivity contribution is 5.93. The quantitative estimate of drug-likeness (QED) is 0.425. The molecule has 3 aromatic carbocycles. The third-order valence-corrected chi connectivity index (χ3v) is 6.91. The van der Waals surface area contributed by atoms with Crippen LogP contribution in [0.3, 0.4) is 0 Å². The first-order chi connectivity index (χ1) is 17.9. The van der Waals surface area contributed by atoms with E-state index in [0.29, 0.717) is 24.9 Å². The second-order valence-electron chi connectivity index (χ2n) is 9.71. The van der Waals surface area contributed by atoms with Crippen molar-refractivity contribution >= 4 is 11.8 Å². The van der Waals surface area contributed by atoms with Crippen LogP contribution in [-0.4, -0.2) is 51.7 Å². The lowest BCUT2D eigenvalue weighted by atomic mass is 9.92. The molecule has 0 aliphatic carbocycles. The number of aromatic nitrogens is 2. The lowest BCUT2D eigenvalue weighted by Crippen LogP contribution is -2.48. The summed E-state index contributed by atoms with van der Waals surface area (Å²) in [6.07, 6.45) is 2.87. The van der Waals surface area contributed by atoms with Gasteiger partial charge in [-0.1, -0.05) is 66.7 Å². The predicted octanol–water partition coefficient (Wildman–Crippen LogP) is 3.97. The van der Waals surface area contributed by atoms with Gasteiger partial charge in [0.2, 0.25) is 5.91 Å². The van der Waals surface area contributed by atoms with Crippen molar-refractivity contribution in [2.75, 3.05) is 14.1 Å². The number of nitrogens with two attached hydrogens (primary N) is 1. The van der Waals surface area contributed by atoms with Crippen LogP contribution < -0.4 is 5.73 Å². The van der Waals surface area contributed by atoms with E-state index in [-0.39, 0.29) is 17.9 Å². The minimum absolute atomic E-state index is 0.0601. The summed E-state index contributed by atoms with van der Waals surface area (Å²) in [5.41, 5.74) is 12.3. The lowest BCUT2D eigenvalue weighted by Gasteiger charge is -2.37. The molecule has 2 heterocycles. The topological polar surface area (TPSA) is 95.3 Å². The molecule has 1 aliphatic heterocycles. The number of amides is 2. The van der Waals surface area contributed by atoms with Crippen molar-refractivity contribution in [1.82, 2.24) is 19.8 Å². The van der Waals surface area contributed by atoms with Crippen LogP contribution in [0.15, 0.2) is 85.1 Å². The summed E-state index contributed by atoms with van der Waals surface area (Å²) in [5.74, 6) is 0.570. The van der Waals surface area contributed by atoms with Crippen LogP contribution in [0, 0.1) is 0 Å². The lowest BCUT2D eigenvalue weighted by molar-refractivity contribution is -0.136. The van der Waals surface area contributed by atoms with Gasteiger partial charge in [-0.3, -0.25) is 9.59 Å². The van der Waals surface area contributed by atoms with Crippen LogP contribution in [0.25, 0.3) is 11.3 Å². The van der Waals surface area contributed by atoms with Crippen molar-refractivity contribution in [3.63, 3.8) is 0 Å². The normalized spacial score (nSPS) is 15.6. The monoisotopic (exact) mass is 493 g/mol. The summed E-state index contributed by atoms with van der Waals surface area (Å²) in [6, 6.07) is 24.6. The number of carbonyl (C=O) groups is 2. The zero-order valence-electron chi connectivity index (χ0n) is 21.1. The van der Waals surface area contributed by atoms with Gasteiger partial charge in [0.1, 0.15) is 5.82 Å². The van der Waals surface area contributed by atoms with Crippen molar-refractivity contribution in [1.29, 1.82) is 0 Å².